The van der Waals surface area contributed by atoms with E-state index in [1.54, 1.807) is 24.3 Å². The van der Waals surface area contributed by atoms with Gasteiger partial charge >= 0.3 is 15.7 Å². The fourth-order valence-corrected chi connectivity index (χ4v) is 7.25. The molecule has 65 heavy (non-hydrogen) atoms. The van der Waals surface area contributed by atoms with Crippen LogP contribution in [-0.2, 0) is 49.7 Å². The molecule has 15 nitrogen and oxygen atoms in total. The summed E-state index contributed by atoms with van der Waals surface area (Å²) in [7, 11) is -4.18. The van der Waals surface area contributed by atoms with Crippen molar-refractivity contribution in [2.24, 2.45) is 0 Å². The van der Waals surface area contributed by atoms with Crippen LogP contribution >= 0.6 is 8.60 Å². The molecule has 6 aromatic rings. The zero-order valence-corrected chi connectivity index (χ0v) is 36.4. The van der Waals surface area contributed by atoms with Crippen LogP contribution in [-0.4, -0.2) is 81.7 Å². The lowest BCUT2D eigenvalue weighted by atomic mass is 9.80. The highest BCUT2D eigenvalue weighted by Crippen LogP contribution is 2.29. The van der Waals surface area contributed by atoms with Crippen molar-refractivity contribution in [2.45, 2.75) is 56.8 Å². The summed E-state index contributed by atoms with van der Waals surface area (Å²) in [5.41, 5.74) is 4.24. The number of fused-ring (bicyclic) bond motifs is 1. The summed E-state index contributed by atoms with van der Waals surface area (Å²) in [5, 5.41) is 34.2. The highest BCUT2D eigenvalue weighted by Gasteiger charge is 2.27. The number of hydrogen-bond acceptors (Lipinski definition) is 10. The minimum Gasteiger partial charge on any atom is -0.427 e. The summed E-state index contributed by atoms with van der Waals surface area (Å²) in [5.74, 6) is -0.891. The second-order valence-corrected chi connectivity index (χ2v) is 15.8. The maximum absolute atomic E-state index is 13.4. The first-order valence-electron chi connectivity index (χ1n) is 20.7. The predicted octanol–water partition coefficient (Wildman–Crippen LogP) is 3.22. The van der Waals surface area contributed by atoms with E-state index in [1.807, 2.05) is 110 Å². The van der Waals surface area contributed by atoms with Crippen LogP contribution in [0.15, 0.2) is 152 Å². The van der Waals surface area contributed by atoms with E-state index in [4.69, 9.17) is 14.3 Å². The van der Waals surface area contributed by atoms with Crippen LogP contribution in [0, 0.1) is 0 Å². The Labute approximate surface area is 378 Å². The molecule has 6 rings (SSSR count). The van der Waals surface area contributed by atoms with Gasteiger partial charge in [0.25, 0.3) is 0 Å². The molecule has 336 valence electrons. The van der Waals surface area contributed by atoms with E-state index >= 15 is 0 Å². The van der Waals surface area contributed by atoms with E-state index in [-0.39, 0.29) is 29.6 Å². The lowest BCUT2D eigenvalue weighted by Crippen LogP contribution is -2.55. The van der Waals surface area contributed by atoms with Gasteiger partial charge in [-0.05, 0) is 76.1 Å². The average molecular weight is 900 g/mol. The molecule has 0 bridgehead atoms. The minimum absolute atomic E-state index is 0.124. The molecule has 6 aromatic carbocycles. The van der Waals surface area contributed by atoms with Gasteiger partial charge in [-0.1, -0.05) is 127 Å². The molecular weight excluding hydrogens is 848 g/mol. The summed E-state index contributed by atoms with van der Waals surface area (Å²) in [6.07, 6.45) is 2.44. The second kappa shape index (κ2) is 25.4. The number of amides is 5. The number of hydrogen-bond donors (Lipinski definition) is 9. The van der Waals surface area contributed by atoms with Gasteiger partial charge in [0, 0.05) is 31.0 Å². The van der Waals surface area contributed by atoms with Crippen molar-refractivity contribution in [3.63, 3.8) is 0 Å². The molecule has 0 saturated carbocycles. The molecule has 5 amide bonds. The minimum atomic E-state index is -2.51. The van der Waals surface area contributed by atoms with E-state index in [2.05, 4.69) is 26.6 Å². The standard InChI is InChI=1S/C32H33N3O3.C16H18BN2O7P/c1-23(18-24-10-4-2-5-11-24)34-32(38)30(20-25-12-6-3-7-13-25)35-31(37)29(33-22-36)21-26-16-17-27-14-8-9-15-28(27)19-26;20-10-18-15(8-11-4-6-14(7-5-11)26-27(24)25)16(21)19-13-3-1-2-12(9-13)17(22)23/h2-17,19,22-23,29-30H,18,20-21H2,1H3,(H,33,36)(H,34,38)(H,35,37);1-7,9-10,15,22-25H,8H2,(H,18,20)(H,19,21). The van der Waals surface area contributed by atoms with Crippen LogP contribution in [0.2, 0.25) is 0 Å². The normalized spacial score (nSPS) is 12.5. The Bertz CT molecular complexity index is 2470. The molecule has 0 aromatic heterocycles. The van der Waals surface area contributed by atoms with Crippen LogP contribution < -0.4 is 36.6 Å². The summed E-state index contributed by atoms with van der Waals surface area (Å²) in [6, 6.07) is 43.2. The third-order valence-electron chi connectivity index (χ3n) is 10.1. The molecule has 0 aliphatic heterocycles. The van der Waals surface area contributed by atoms with Gasteiger partial charge in [0.2, 0.25) is 30.5 Å². The van der Waals surface area contributed by atoms with Crippen molar-refractivity contribution >= 4 is 68.2 Å². The number of nitrogens with one attached hydrogen (secondary N) is 5. The van der Waals surface area contributed by atoms with Gasteiger partial charge in [-0.15, -0.1) is 0 Å². The number of carbonyl (C=O) groups excluding carboxylic acids is 5. The maximum Gasteiger partial charge on any atom is 0.488 e. The molecule has 0 saturated heterocycles. The van der Waals surface area contributed by atoms with Crippen molar-refractivity contribution < 1.29 is 48.3 Å². The first-order chi connectivity index (χ1) is 31.4. The Hall–Kier alpha value is -6.94. The Morgan fingerprint density at radius 1 is 0.569 bits per heavy atom. The molecule has 4 atom stereocenters. The first-order valence-corrected chi connectivity index (χ1v) is 21.8. The smallest absolute Gasteiger partial charge is 0.427 e. The highest BCUT2D eigenvalue weighted by atomic mass is 31.2. The highest BCUT2D eigenvalue weighted by molar-refractivity contribution is 7.39. The van der Waals surface area contributed by atoms with Crippen LogP contribution in [0.25, 0.3) is 10.8 Å². The average Bonchev–Trinajstić information content (AvgIpc) is 3.29. The Morgan fingerprint density at radius 3 is 1.71 bits per heavy atom. The van der Waals surface area contributed by atoms with Crippen LogP contribution in [0.5, 0.6) is 5.75 Å². The van der Waals surface area contributed by atoms with Gasteiger partial charge in [0.1, 0.15) is 23.9 Å². The molecular formula is C48H51BN5O10P. The number of benzene rings is 6. The molecule has 0 radical (unpaired) electrons. The van der Waals surface area contributed by atoms with E-state index in [1.165, 1.54) is 24.3 Å². The van der Waals surface area contributed by atoms with Crippen LogP contribution in [0.3, 0.4) is 0 Å². The first kappa shape index (κ1) is 49.1. The molecule has 0 spiro atoms. The number of anilines is 1. The van der Waals surface area contributed by atoms with Crippen molar-refractivity contribution in [2.75, 3.05) is 5.32 Å². The van der Waals surface area contributed by atoms with E-state index in [0.29, 0.717) is 43.3 Å². The zero-order chi connectivity index (χ0) is 46.6. The monoisotopic (exact) mass is 899 g/mol. The molecule has 0 fully saturated rings. The Balaban J connectivity index is 0.000000259. The largest absolute Gasteiger partial charge is 0.488 e. The fourth-order valence-electron chi connectivity index (χ4n) is 6.94. The van der Waals surface area contributed by atoms with Crippen LogP contribution in [0.1, 0.15) is 29.2 Å². The summed E-state index contributed by atoms with van der Waals surface area (Å²) in [6.45, 7) is 1.95. The molecule has 0 aliphatic carbocycles. The molecule has 17 heteroatoms. The van der Waals surface area contributed by atoms with E-state index in [9.17, 15) is 34.0 Å². The van der Waals surface area contributed by atoms with E-state index in [0.717, 1.165) is 27.5 Å². The van der Waals surface area contributed by atoms with Crippen molar-refractivity contribution in [3.8, 4) is 5.75 Å². The van der Waals surface area contributed by atoms with Crippen molar-refractivity contribution in [3.05, 3.63) is 174 Å². The Kier molecular flexibility index (Phi) is 19.2. The number of rotatable bonds is 21. The summed E-state index contributed by atoms with van der Waals surface area (Å²) >= 11 is 0. The van der Waals surface area contributed by atoms with Crippen LogP contribution in [0.4, 0.5) is 5.69 Å². The lowest BCUT2D eigenvalue weighted by molar-refractivity contribution is -0.131. The Morgan fingerprint density at radius 2 is 1.09 bits per heavy atom. The fraction of sp³-hybridized carbons (Fsp3) is 0.188. The third-order valence-corrected chi connectivity index (χ3v) is 10.5. The van der Waals surface area contributed by atoms with E-state index < -0.39 is 45.7 Å². The quantitative estimate of drug-likeness (QED) is 0.0291. The second-order valence-electron chi connectivity index (χ2n) is 15.1. The molecule has 0 heterocycles. The summed E-state index contributed by atoms with van der Waals surface area (Å²) < 4.78 is 4.76. The van der Waals surface area contributed by atoms with Gasteiger partial charge < -0.3 is 50.9 Å². The molecule has 0 aliphatic rings. The van der Waals surface area contributed by atoms with Gasteiger partial charge in [-0.2, -0.15) is 0 Å². The topological polar surface area (TPSA) is 236 Å². The van der Waals surface area contributed by atoms with Gasteiger partial charge in [-0.3, -0.25) is 24.0 Å². The SMILES string of the molecule is CC(Cc1ccccc1)NC(=O)C(Cc1ccccc1)NC(=O)C(Cc1ccc2ccccc2c1)NC=O.O=CNC(Cc1ccc(OP(O)O)cc1)C(=O)Nc1cccc(B(O)O)c1. The number of carbonyl (C=O) groups is 5. The van der Waals surface area contributed by atoms with Crippen molar-refractivity contribution in [1.29, 1.82) is 0 Å². The molecule has 9 N–H and O–H groups in total. The third kappa shape index (κ3) is 16.3. The van der Waals surface area contributed by atoms with Gasteiger partial charge in [0.15, 0.2) is 0 Å². The van der Waals surface area contributed by atoms with Crippen molar-refractivity contribution in [1.82, 2.24) is 21.3 Å². The maximum atomic E-state index is 13.4. The zero-order valence-electron chi connectivity index (χ0n) is 35.5. The van der Waals surface area contributed by atoms with Gasteiger partial charge in [-0.25, -0.2) is 0 Å². The molecule has 4 unspecified atom stereocenters. The summed E-state index contributed by atoms with van der Waals surface area (Å²) in [4.78, 5) is 79.1. The van der Waals surface area contributed by atoms with Gasteiger partial charge in [0.05, 0.1) is 0 Å². The lowest BCUT2D eigenvalue weighted by Gasteiger charge is -2.24. The predicted molar refractivity (Wildman–Crippen MR) is 250 cm³/mol.